The Hall–Kier alpha value is -0.920. The zero-order chi connectivity index (χ0) is 11.3. The standard InChI is InChI=1S/C8H15N3O3S/c1-11-6-8(9-7-11)15(13,14)10-4-2-3-5-12/h6-7,10,12H,2-5H2,1H3. The molecule has 0 bridgehead atoms. The molecule has 1 aromatic rings. The minimum absolute atomic E-state index is 0.0222. The van der Waals surface area contributed by atoms with Crippen LogP contribution in [0.5, 0.6) is 0 Å². The van der Waals surface area contributed by atoms with Crippen LogP contribution in [0.4, 0.5) is 0 Å². The number of imidazole rings is 1. The van der Waals surface area contributed by atoms with E-state index in [9.17, 15) is 8.42 Å². The highest BCUT2D eigenvalue weighted by Crippen LogP contribution is 2.03. The molecule has 0 fully saturated rings. The van der Waals surface area contributed by atoms with E-state index in [2.05, 4.69) is 9.71 Å². The summed E-state index contributed by atoms with van der Waals surface area (Å²) in [7, 11) is -1.78. The molecule has 15 heavy (non-hydrogen) atoms. The normalized spacial score (nSPS) is 11.9. The summed E-state index contributed by atoms with van der Waals surface area (Å²) in [6.07, 6.45) is 4.07. The summed E-state index contributed by atoms with van der Waals surface area (Å²) in [5.74, 6) is 0. The van der Waals surface area contributed by atoms with Crippen LogP contribution in [-0.4, -0.2) is 36.2 Å². The van der Waals surface area contributed by atoms with Gasteiger partial charge in [-0.3, -0.25) is 0 Å². The first-order valence-electron chi connectivity index (χ1n) is 4.65. The Balaban J connectivity index is 2.53. The average Bonchev–Trinajstić information content (AvgIpc) is 2.60. The molecule has 2 N–H and O–H groups in total. The molecule has 0 aromatic carbocycles. The topological polar surface area (TPSA) is 84.2 Å². The lowest BCUT2D eigenvalue weighted by atomic mass is 10.3. The number of hydrogen-bond acceptors (Lipinski definition) is 4. The summed E-state index contributed by atoms with van der Waals surface area (Å²) in [5, 5.41) is 8.55. The van der Waals surface area contributed by atoms with E-state index >= 15 is 0 Å². The van der Waals surface area contributed by atoms with Crippen LogP contribution in [0.1, 0.15) is 12.8 Å². The van der Waals surface area contributed by atoms with E-state index < -0.39 is 10.0 Å². The van der Waals surface area contributed by atoms with Crippen molar-refractivity contribution in [3.63, 3.8) is 0 Å². The largest absolute Gasteiger partial charge is 0.396 e. The maximum Gasteiger partial charge on any atom is 0.259 e. The molecule has 1 aromatic heterocycles. The maximum atomic E-state index is 11.6. The fourth-order valence-electron chi connectivity index (χ4n) is 1.04. The molecule has 0 aliphatic heterocycles. The number of hydrogen-bond donors (Lipinski definition) is 2. The summed E-state index contributed by atoms with van der Waals surface area (Å²) < 4.78 is 27.1. The molecular weight excluding hydrogens is 218 g/mol. The van der Waals surface area contributed by atoms with Crippen molar-refractivity contribution < 1.29 is 13.5 Å². The highest BCUT2D eigenvalue weighted by molar-refractivity contribution is 7.89. The highest BCUT2D eigenvalue weighted by atomic mass is 32.2. The van der Waals surface area contributed by atoms with Gasteiger partial charge in [-0.25, -0.2) is 18.1 Å². The van der Waals surface area contributed by atoms with Crippen LogP contribution in [-0.2, 0) is 17.1 Å². The number of nitrogens with zero attached hydrogens (tertiary/aromatic N) is 2. The minimum Gasteiger partial charge on any atom is -0.396 e. The quantitative estimate of drug-likeness (QED) is 0.647. The third kappa shape index (κ3) is 3.61. The molecule has 6 nitrogen and oxygen atoms in total. The summed E-state index contributed by atoms with van der Waals surface area (Å²) in [6.45, 7) is 0.394. The third-order valence-corrected chi connectivity index (χ3v) is 3.18. The van der Waals surface area contributed by atoms with Gasteiger partial charge in [0.15, 0.2) is 5.03 Å². The van der Waals surface area contributed by atoms with Gasteiger partial charge in [0.1, 0.15) is 0 Å². The van der Waals surface area contributed by atoms with E-state index in [4.69, 9.17) is 5.11 Å². The molecule has 1 rings (SSSR count). The van der Waals surface area contributed by atoms with Crippen LogP contribution >= 0.6 is 0 Å². The molecule has 0 aliphatic carbocycles. The number of aryl methyl sites for hydroxylation is 1. The molecule has 1 heterocycles. The van der Waals surface area contributed by atoms with E-state index in [1.165, 1.54) is 12.5 Å². The maximum absolute atomic E-state index is 11.6. The van der Waals surface area contributed by atoms with Gasteiger partial charge in [-0.15, -0.1) is 0 Å². The van der Waals surface area contributed by atoms with Crippen LogP contribution in [0.3, 0.4) is 0 Å². The molecule has 0 radical (unpaired) electrons. The van der Waals surface area contributed by atoms with Crippen LogP contribution in [0.15, 0.2) is 17.6 Å². The predicted molar refractivity (Wildman–Crippen MR) is 54.7 cm³/mol. The average molecular weight is 233 g/mol. The van der Waals surface area contributed by atoms with E-state index in [1.807, 2.05) is 0 Å². The van der Waals surface area contributed by atoms with E-state index in [1.54, 1.807) is 11.6 Å². The number of aromatic nitrogens is 2. The monoisotopic (exact) mass is 233 g/mol. The molecule has 0 aliphatic rings. The third-order valence-electron chi connectivity index (χ3n) is 1.83. The molecule has 86 valence electrons. The lowest BCUT2D eigenvalue weighted by Gasteiger charge is -2.02. The van der Waals surface area contributed by atoms with Crippen LogP contribution < -0.4 is 4.72 Å². The number of aliphatic hydroxyl groups excluding tert-OH is 1. The van der Waals surface area contributed by atoms with Crippen LogP contribution in [0.2, 0.25) is 0 Å². The van der Waals surface area contributed by atoms with Crippen LogP contribution in [0, 0.1) is 0 Å². The lowest BCUT2D eigenvalue weighted by molar-refractivity contribution is 0.285. The summed E-state index contributed by atoms with van der Waals surface area (Å²) in [6, 6.07) is 0. The Labute approximate surface area is 89.0 Å². The van der Waals surface area contributed by atoms with E-state index in [0.29, 0.717) is 19.4 Å². The second-order valence-corrected chi connectivity index (χ2v) is 4.92. The van der Waals surface area contributed by atoms with Gasteiger partial charge in [-0.2, -0.15) is 0 Å². The van der Waals surface area contributed by atoms with Gasteiger partial charge < -0.3 is 9.67 Å². The zero-order valence-corrected chi connectivity index (χ0v) is 9.37. The van der Waals surface area contributed by atoms with Gasteiger partial charge in [-0.1, -0.05) is 0 Å². The van der Waals surface area contributed by atoms with Crippen molar-refractivity contribution in [3.05, 3.63) is 12.5 Å². The second kappa shape index (κ2) is 5.24. The minimum atomic E-state index is -3.48. The van der Waals surface area contributed by atoms with Gasteiger partial charge in [0.2, 0.25) is 0 Å². The van der Waals surface area contributed by atoms with Gasteiger partial charge in [0.05, 0.1) is 6.33 Å². The van der Waals surface area contributed by atoms with Crippen LogP contribution in [0.25, 0.3) is 0 Å². The van der Waals surface area contributed by atoms with Crippen molar-refractivity contribution in [3.8, 4) is 0 Å². The first-order valence-corrected chi connectivity index (χ1v) is 6.13. The lowest BCUT2D eigenvalue weighted by Crippen LogP contribution is -2.25. The first kappa shape index (κ1) is 12.2. The SMILES string of the molecule is Cn1cnc(S(=O)(=O)NCCCCO)c1. The summed E-state index contributed by atoms with van der Waals surface area (Å²) in [5.41, 5.74) is 0. The van der Waals surface area contributed by atoms with Gasteiger partial charge in [0.25, 0.3) is 10.0 Å². The predicted octanol–water partition coefficient (Wildman–Crippen LogP) is -0.529. The molecular formula is C8H15N3O3S. The van der Waals surface area contributed by atoms with Gasteiger partial charge in [-0.05, 0) is 12.8 Å². The van der Waals surface area contributed by atoms with Crippen molar-refractivity contribution in [1.82, 2.24) is 14.3 Å². The second-order valence-electron chi connectivity index (χ2n) is 3.21. The Morgan fingerprint density at radius 3 is 2.80 bits per heavy atom. The molecule has 0 amide bonds. The smallest absolute Gasteiger partial charge is 0.259 e. The fraction of sp³-hybridized carbons (Fsp3) is 0.625. The summed E-state index contributed by atoms with van der Waals surface area (Å²) in [4.78, 5) is 3.75. The molecule has 0 spiro atoms. The molecule has 7 heteroatoms. The van der Waals surface area contributed by atoms with Crippen molar-refractivity contribution in [1.29, 1.82) is 0 Å². The Bertz CT molecular complexity index is 399. The Morgan fingerprint density at radius 2 is 2.27 bits per heavy atom. The van der Waals surface area contributed by atoms with Crippen molar-refractivity contribution in [2.75, 3.05) is 13.2 Å². The van der Waals surface area contributed by atoms with Gasteiger partial charge in [0, 0.05) is 26.4 Å². The first-order chi connectivity index (χ1) is 7.06. The van der Waals surface area contributed by atoms with E-state index in [-0.39, 0.29) is 11.6 Å². The molecule has 0 saturated carbocycles. The van der Waals surface area contributed by atoms with E-state index in [0.717, 1.165) is 0 Å². The summed E-state index contributed by atoms with van der Waals surface area (Å²) >= 11 is 0. The van der Waals surface area contributed by atoms with Crippen molar-refractivity contribution >= 4 is 10.0 Å². The number of unbranched alkanes of at least 4 members (excludes halogenated alkanes) is 1. The van der Waals surface area contributed by atoms with Crippen molar-refractivity contribution in [2.24, 2.45) is 7.05 Å². The Kier molecular flexibility index (Phi) is 4.25. The number of nitrogens with one attached hydrogen (secondary N) is 1. The Morgan fingerprint density at radius 1 is 1.53 bits per heavy atom. The molecule has 0 unspecified atom stereocenters. The number of sulfonamides is 1. The number of rotatable bonds is 6. The molecule has 0 saturated heterocycles. The number of aliphatic hydroxyl groups is 1. The highest BCUT2D eigenvalue weighted by Gasteiger charge is 2.15. The molecule has 0 atom stereocenters. The van der Waals surface area contributed by atoms with Crippen molar-refractivity contribution in [2.45, 2.75) is 17.9 Å². The zero-order valence-electron chi connectivity index (χ0n) is 8.55. The fourth-order valence-corrected chi connectivity index (χ4v) is 2.10. The van der Waals surface area contributed by atoms with Gasteiger partial charge >= 0.3 is 0 Å².